The summed E-state index contributed by atoms with van der Waals surface area (Å²) in [6.07, 6.45) is 3.46. The SMILES string of the molecule is COc1ccc(F)cc1C[NH+]1CC[NH+](CN2C(=O)NC3(CCC(C)CC3)C2=O)CC1. The molecule has 3 N–H and O–H groups in total. The van der Waals surface area contributed by atoms with Gasteiger partial charge in [0, 0.05) is 0 Å². The van der Waals surface area contributed by atoms with Crippen LogP contribution in [0.25, 0.3) is 0 Å². The minimum Gasteiger partial charge on any atom is -0.496 e. The largest absolute Gasteiger partial charge is 0.496 e. The third-order valence-electron chi connectivity index (χ3n) is 7.10. The minimum atomic E-state index is -0.663. The lowest BCUT2D eigenvalue weighted by Crippen LogP contribution is -3.28. The Morgan fingerprint density at radius 2 is 1.83 bits per heavy atom. The Hall–Kier alpha value is -2.19. The number of nitrogens with one attached hydrogen (secondary N) is 3. The molecule has 1 spiro atoms. The van der Waals surface area contributed by atoms with E-state index in [4.69, 9.17) is 4.74 Å². The fraction of sp³-hybridized carbons (Fsp3) is 0.636. The first-order valence-corrected chi connectivity index (χ1v) is 11.0. The summed E-state index contributed by atoms with van der Waals surface area (Å²) in [6.45, 7) is 6.89. The predicted octanol–water partition coefficient (Wildman–Crippen LogP) is -0.424. The summed E-state index contributed by atoms with van der Waals surface area (Å²) in [5.41, 5.74) is 0.211. The number of hydrogen-bond donors (Lipinski definition) is 3. The molecule has 0 radical (unpaired) electrons. The monoisotopic (exact) mass is 420 g/mol. The van der Waals surface area contributed by atoms with Crippen LogP contribution in [0.4, 0.5) is 9.18 Å². The van der Waals surface area contributed by atoms with Crippen LogP contribution in [0, 0.1) is 11.7 Å². The summed E-state index contributed by atoms with van der Waals surface area (Å²) in [5, 5.41) is 3.01. The third-order valence-corrected chi connectivity index (χ3v) is 7.10. The Balaban J connectivity index is 1.31. The molecule has 2 saturated heterocycles. The van der Waals surface area contributed by atoms with Crippen molar-refractivity contribution in [2.24, 2.45) is 5.92 Å². The maximum Gasteiger partial charge on any atom is 0.329 e. The molecule has 3 amide bonds. The van der Waals surface area contributed by atoms with Crippen molar-refractivity contribution in [1.82, 2.24) is 10.2 Å². The second-order valence-electron chi connectivity index (χ2n) is 9.22. The Morgan fingerprint density at radius 1 is 1.17 bits per heavy atom. The zero-order valence-electron chi connectivity index (χ0n) is 17.9. The van der Waals surface area contributed by atoms with Crippen molar-refractivity contribution >= 4 is 11.9 Å². The number of rotatable bonds is 5. The molecule has 0 aromatic heterocycles. The Kier molecular flexibility index (Phi) is 5.97. The van der Waals surface area contributed by atoms with Crippen molar-refractivity contribution in [3.05, 3.63) is 29.6 Å². The van der Waals surface area contributed by atoms with Crippen LogP contribution in [0.1, 0.15) is 38.2 Å². The fourth-order valence-corrected chi connectivity index (χ4v) is 5.08. The van der Waals surface area contributed by atoms with Crippen molar-refractivity contribution in [3.8, 4) is 5.75 Å². The average Bonchev–Trinajstić information content (AvgIpc) is 2.96. The van der Waals surface area contributed by atoms with Gasteiger partial charge in [0.1, 0.15) is 49.8 Å². The van der Waals surface area contributed by atoms with E-state index in [9.17, 15) is 14.0 Å². The van der Waals surface area contributed by atoms with E-state index in [0.717, 1.165) is 57.4 Å². The van der Waals surface area contributed by atoms with Gasteiger partial charge in [0.15, 0.2) is 6.67 Å². The average molecular weight is 421 g/mol. The topological polar surface area (TPSA) is 67.5 Å². The van der Waals surface area contributed by atoms with Gasteiger partial charge in [-0.2, -0.15) is 0 Å². The van der Waals surface area contributed by atoms with Gasteiger partial charge in [0.25, 0.3) is 5.91 Å². The van der Waals surface area contributed by atoms with E-state index in [2.05, 4.69) is 12.2 Å². The molecule has 30 heavy (non-hydrogen) atoms. The molecule has 3 aliphatic rings. The van der Waals surface area contributed by atoms with Crippen LogP contribution in [0.2, 0.25) is 0 Å². The number of halogens is 1. The van der Waals surface area contributed by atoms with Crippen LogP contribution in [0.5, 0.6) is 5.75 Å². The van der Waals surface area contributed by atoms with E-state index in [-0.39, 0.29) is 17.8 Å². The smallest absolute Gasteiger partial charge is 0.329 e. The fourth-order valence-electron chi connectivity index (χ4n) is 5.08. The van der Waals surface area contributed by atoms with Gasteiger partial charge in [-0.25, -0.2) is 14.1 Å². The summed E-state index contributed by atoms with van der Waals surface area (Å²) in [7, 11) is 1.60. The van der Waals surface area contributed by atoms with Crippen molar-refractivity contribution in [2.45, 2.75) is 44.7 Å². The highest BCUT2D eigenvalue weighted by Crippen LogP contribution is 2.35. The molecule has 8 heteroatoms. The van der Waals surface area contributed by atoms with E-state index < -0.39 is 5.54 Å². The molecule has 1 aromatic rings. The number of piperazine rings is 1. The zero-order valence-corrected chi connectivity index (χ0v) is 17.9. The molecule has 1 aliphatic carbocycles. The van der Waals surface area contributed by atoms with Crippen LogP contribution < -0.4 is 19.9 Å². The van der Waals surface area contributed by atoms with Crippen molar-refractivity contribution in [3.63, 3.8) is 0 Å². The summed E-state index contributed by atoms with van der Waals surface area (Å²) < 4.78 is 19.0. The quantitative estimate of drug-likeness (QED) is 0.567. The van der Waals surface area contributed by atoms with Gasteiger partial charge < -0.3 is 19.9 Å². The van der Waals surface area contributed by atoms with E-state index in [0.29, 0.717) is 24.9 Å². The van der Waals surface area contributed by atoms with Crippen LogP contribution >= 0.6 is 0 Å². The van der Waals surface area contributed by atoms with Gasteiger partial charge >= 0.3 is 6.03 Å². The molecular weight excluding hydrogens is 387 g/mol. The summed E-state index contributed by atoms with van der Waals surface area (Å²) >= 11 is 0. The molecular formula is C22H33FN4O3+2. The highest BCUT2D eigenvalue weighted by molar-refractivity contribution is 6.06. The summed E-state index contributed by atoms with van der Waals surface area (Å²) in [5.74, 6) is 1.04. The first-order chi connectivity index (χ1) is 14.4. The van der Waals surface area contributed by atoms with E-state index in [1.54, 1.807) is 19.2 Å². The molecule has 7 nitrogen and oxygen atoms in total. The molecule has 4 rings (SSSR count). The molecule has 0 atom stereocenters. The maximum atomic E-state index is 13.6. The first kappa shape index (κ1) is 21.1. The van der Waals surface area contributed by atoms with E-state index in [1.165, 1.54) is 20.8 Å². The molecule has 0 unspecified atom stereocenters. The highest BCUT2D eigenvalue weighted by Gasteiger charge is 2.53. The number of quaternary nitrogens is 2. The summed E-state index contributed by atoms with van der Waals surface area (Å²) in [4.78, 5) is 29.6. The van der Waals surface area contributed by atoms with Crippen molar-refractivity contribution in [1.29, 1.82) is 0 Å². The van der Waals surface area contributed by atoms with E-state index in [1.807, 2.05) is 0 Å². The standard InChI is InChI=1S/C22H31FN4O3/c1-16-5-7-22(8-6-16)20(28)27(21(29)24-22)15-26-11-9-25(10-12-26)14-17-13-18(23)3-4-19(17)30-2/h3-4,13,16H,5-12,14-15H2,1-2H3,(H,24,29)/p+2. The second kappa shape index (κ2) is 8.51. The lowest BCUT2D eigenvalue weighted by Gasteiger charge is -2.34. The van der Waals surface area contributed by atoms with Gasteiger partial charge in [-0.3, -0.25) is 4.79 Å². The molecule has 3 fully saturated rings. The van der Waals surface area contributed by atoms with Gasteiger partial charge in [-0.15, -0.1) is 0 Å². The minimum absolute atomic E-state index is 0.0360. The van der Waals surface area contributed by atoms with Crippen LogP contribution in [0.15, 0.2) is 18.2 Å². The number of nitrogens with zero attached hydrogens (tertiary/aromatic N) is 1. The Labute approximate surface area is 177 Å². The third kappa shape index (κ3) is 4.16. The number of benzene rings is 1. The number of urea groups is 1. The number of ether oxygens (including phenoxy) is 1. The molecule has 2 heterocycles. The second-order valence-corrected chi connectivity index (χ2v) is 9.22. The molecule has 1 aromatic carbocycles. The molecule has 164 valence electrons. The lowest BCUT2D eigenvalue weighted by atomic mass is 9.77. The van der Waals surface area contributed by atoms with Gasteiger partial charge in [-0.1, -0.05) is 6.92 Å². The molecule has 0 bridgehead atoms. The van der Waals surface area contributed by atoms with Gasteiger partial charge in [0.2, 0.25) is 0 Å². The normalized spacial score (nSPS) is 31.8. The molecule has 1 saturated carbocycles. The zero-order chi connectivity index (χ0) is 21.3. The number of imide groups is 1. The number of carbonyl (C=O) groups is 2. The number of hydrogen-bond acceptors (Lipinski definition) is 3. The summed E-state index contributed by atoms with van der Waals surface area (Å²) in [6, 6.07) is 4.40. The Bertz CT molecular complexity index is 802. The van der Waals surface area contributed by atoms with Gasteiger partial charge in [-0.05, 0) is 49.8 Å². The van der Waals surface area contributed by atoms with Gasteiger partial charge in [0.05, 0.1) is 12.7 Å². The Morgan fingerprint density at radius 3 is 2.50 bits per heavy atom. The predicted molar refractivity (Wildman–Crippen MR) is 109 cm³/mol. The molecule has 2 aliphatic heterocycles. The number of carbonyl (C=O) groups excluding carboxylic acids is 2. The highest BCUT2D eigenvalue weighted by atomic mass is 19.1. The van der Waals surface area contributed by atoms with Crippen molar-refractivity contribution < 1.29 is 28.5 Å². The van der Waals surface area contributed by atoms with Crippen molar-refractivity contribution in [2.75, 3.05) is 40.0 Å². The van der Waals surface area contributed by atoms with Crippen LogP contribution in [0.3, 0.4) is 0 Å². The number of amides is 3. The van der Waals surface area contributed by atoms with Crippen LogP contribution in [-0.2, 0) is 11.3 Å². The first-order valence-electron chi connectivity index (χ1n) is 11.0. The maximum absolute atomic E-state index is 13.6. The van der Waals surface area contributed by atoms with Crippen LogP contribution in [-0.4, -0.2) is 62.3 Å². The lowest BCUT2D eigenvalue weighted by molar-refractivity contribution is -1.02. The van der Waals surface area contributed by atoms with E-state index >= 15 is 0 Å². The number of methoxy groups -OCH3 is 1.